The fourth-order valence-corrected chi connectivity index (χ4v) is 10.1. The van der Waals surface area contributed by atoms with E-state index in [0.29, 0.717) is 30.1 Å². The first-order valence-electron chi connectivity index (χ1n) is 12.7. The number of hydrogen-bond acceptors (Lipinski definition) is 5. The monoisotopic (exact) mass is 599 g/mol. The van der Waals surface area contributed by atoms with Gasteiger partial charge in [0.25, 0.3) is 0 Å². The number of benzene rings is 1. The first kappa shape index (κ1) is 27.7. The number of para-hydroxylation sites is 1. The number of carbonyl (C=O) groups is 3. The van der Waals surface area contributed by atoms with Gasteiger partial charge in [0.15, 0.2) is 0 Å². The first-order valence-corrected chi connectivity index (χ1v) is 14.8. The van der Waals surface area contributed by atoms with Crippen molar-refractivity contribution in [2.45, 2.75) is 73.9 Å². The maximum Gasteiger partial charge on any atom is 0.248 e. The van der Waals surface area contributed by atoms with Gasteiger partial charge < -0.3 is 20.6 Å². The van der Waals surface area contributed by atoms with E-state index in [9.17, 15) is 19.5 Å². The lowest BCUT2D eigenvalue weighted by Crippen LogP contribution is -2.55. The summed E-state index contributed by atoms with van der Waals surface area (Å²) in [6.07, 6.45) is 1.94. The maximum atomic E-state index is 14.2. The average Bonchev–Trinajstić information content (AvgIpc) is 3.41. The largest absolute Gasteiger partial charge is 0.394 e. The molecule has 3 heterocycles. The van der Waals surface area contributed by atoms with E-state index in [1.807, 2.05) is 39.8 Å². The first-order chi connectivity index (χ1) is 17.1. The van der Waals surface area contributed by atoms with Crippen LogP contribution in [0.4, 0.5) is 5.69 Å². The third kappa shape index (κ3) is 4.58. The van der Waals surface area contributed by atoms with Crippen molar-refractivity contribution >= 4 is 62.7 Å². The molecule has 198 valence electrons. The minimum Gasteiger partial charge on any atom is -0.394 e. The molecule has 0 aromatic heterocycles. The van der Waals surface area contributed by atoms with Crippen LogP contribution in [0.25, 0.3) is 0 Å². The Labute approximate surface area is 230 Å². The summed E-state index contributed by atoms with van der Waals surface area (Å²) in [5.74, 6) is -1.62. The molecular formula is C26H35BrClN3O4S. The van der Waals surface area contributed by atoms with Crippen LogP contribution in [0.1, 0.15) is 45.6 Å². The summed E-state index contributed by atoms with van der Waals surface area (Å²) < 4.78 is -0.770. The van der Waals surface area contributed by atoms with E-state index < -0.39 is 28.7 Å². The molecule has 0 saturated carbocycles. The van der Waals surface area contributed by atoms with Gasteiger partial charge in [0.1, 0.15) is 6.04 Å². The van der Waals surface area contributed by atoms with Gasteiger partial charge in [-0.05, 0) is 43.7 Å². The number of rotatable bonds is 9. The minimum atomic E-state index is -0.833. The molecule has 1 aromatic rings. The molecule has 10 heteroatoms. The normalized spacial score (nSPS) is 31.6. The van der Waals surface area contributed by atoms with E-state index in [1.54, 1.807) is 22.7 Å². The minimum absolute atomic E-state index is 0.00102. The number of nitrogens with one attached hydrogen (secondary N) is 2. The van der Waals surface area contributed by atoms with Crippen molar-refractivity contribution in [2.75, 3.05) is 18.5 Å². The molecule has 3 fully saturated rings. The zero-order valence-electron chi connectivity index (χ0n) is 21.1. The highest BCUT2D eigenvalue weighted by Gasteiger charge is 2.76. The van der Waals surface area contributed by atoms with Crippen LogP contribution in [0.3, 0.4) is 0 Å². The average molecular weight is 601 g/mol. The van der Waals surface area contributed by atoms with Crippen molar-refractivity contribution in [1.29, 1.82) is 0 Å². The molecule has 0 radical (unpaired) electrons. The number of anilines is 1. The Hall–Kier alpha value is -1.29. The van der Waals surface area contributed by atoms with Gasteiger partial charge in [-0.25, -0.2) is 0 Å². The molecule has 1 spiro atoms. The van der Waals surface area contributed by atoms with Gasteiger partial charge in [-0.3, -0.25) is 14.4 Å². The second-order valence-electron chi connectivity index (χ2n) is 10.6. The lowest BCUT2D eigenvalue weighted by atomic mass is 9.70. The summed E-state index contributed by atoms with van der Waals surface area (Å²) in [5.41, 5.74) is 1.34. The van der Waals surface area contributed by atoms with Crippen LogP contribution < -0.4 is 10.6 Å². The Morgan fingerprint density at radius 1 is 1.33 bits per heavy atom. The summed E-state index contributed by atoms with van der Waals surface area (Å²) in [5, 5.41) is 16.7. The molecule has 3 saturated heterocycles. The summed E-state index contributed by atoms with van der Waals surface area (Å²) in [4.78, 5) is 43.2. The lowest BCUT2D eigenvalue weighted by molar-refractivity contribution is -0.142. The van der Waals surface area contributed by atoms with E-state index in [4.69, 9.17) is 11.6 Å². The van der Waals surface area contributed by atoms with Crippen LogP contribution in [0, 0.1) is 24.7 Å². The van der Waals surface area contributed by atoms with Crippen molar-refractivity contribution in [3.63, 3.8) is 0 Å². The van der Waals surface area contributed by atoms with Crippen molar-refractivity contribution in [3.05, 3.63) is 28.8 Å². The van der Waals surface area contributed by atoms with Gasteiger partial charge in [-0.1, -0.05) is 60.4 Å². The number of hydrogen-bond donors (Lipinski definition) is 3. The summed E-state index contributed by atoms with van der Waals surface area (Å²) in [7, 11) is 0. The van der Waals surface area contributed by atoms with E-state index in [-0.39, 0.29) is 40.3 Å². The molecule has 7 atom stereocenters. The Kier molecular flexibility index (Phi) is 8.34. The topological polar surface area (TPSA) is 98.7 Å². The molecule has 3 unspecified atom stereocenters. The summed E-state index contributed by atoms with van der Waals surface area (Å²) in [6, 6.07) is 4.06. The van der Waals surface area contributed by atoms with Crippen LogP contribution in [0.15, 0.2) is 18.2 Å². The molecular weight excluding hydrogens is 566 g/mol. The molecule has 3 N–H and O–H groups in total. The number of fused-ring (bicyclic) bond motifs is 1. The quantitative estimate of drug-likeness (QED) is 0.373. The van der Waals surface area contributed by atoms with Crippen LogP contribution in [-0.2, 0) is 14.4 Å². The predicted octanol–water partition coefficient (Wildman–Crippen LogP) is 3.98. The highest BCUT2D eigenvalue weighted by Crippen LogP contribution is 2.68. The van der Waals surface area contributed by atoms with Gasteiger partial charge in [0.2, 0.25) is 17.7 Å². The number of alkyl halides is 1. The number of aryl methyl sites for hydroxylation is 1. The van der Waals surface area contributed by atoms with Gasteiger partial charge in [0.05, 0.1) is 39.9 Å². The smallest absolute Gasteiger partial charge is 0.248 e. The maximum absolute atomic E-state index is 14.2. The Morgan fingerprint density at radius 3 is 2.67 bits per heavy atom. The number of carbonyl (C=O) groups excluding carboxylic acids is 3. The second kappa shape index (κ2) is 10.8. The van der Waals surface area contributed by atoms with E-state index in [1.165, 1.54) is 0 Å². The number of aliphatic hydroxyl groups is 1. The number of halogens is 2. The standard InChI is InChI=1S/C26H35BrClN3O4S/c1-5-9-29-23(33)18-19-25(35)31(15(12-32)10-13(2)3)22(26(19)11-16(27)21(18)36-26)24(34)30-20-14(4)7-6-8-17(20)28/h6-8,13,15-16,18-19,21-22,32H,5,9-12H2,1-4H3,(H,29,33)(H,30,34)/t15-,16?,18+,19+,21+,22?,26?/m1/s1. The van der Waals surface area contributed by atoms with Gasteiger partial charge >= 0.3 is 0 Å². The number of thioether (sulfide) groups is 1. The van der Waals surface area contributed by atoms with Crippen molar-refractivity contribution in [2.24, 2.45) is 17.8 Å². The van der Waals surface area contributed by atoms with Gasteiger partial charge in [-0.15, -0.1) is 11.8 Å². The van der Waals surface area contributed by atoms with E-state index in [0.717, 1.165) is 12.0 Å². The molecule has 36 heavy (non-hydrogen) atoms. The van der Waals surface area contributed by atoms with Crippen LogP contribution in [-0.4, -0.2) is 67.8 Å². The Morgan fingerprint density at radius 2 is 2.06 bits per heavy atom. The fourth-order valence-electron chi connectivity index (χ4n) is 6.23. The van der Waals surface area contributed by atoms with Crippen LogP contribution >= 0.6 is 39.3 Å². The third-order valence-corrected chi connectivity index (χ3v) is 11.2. The second-order valence-corrected chi connectivity index (χ2v) is 13.7. The Balaban J connectivity index is 1.78. The van der Waals surface area contributed by atoms with Crippen molar-refractivity contribution in [3.8, 4) is 0 Å². The zero-order chi connectivity index (χ0) is 26.4. The fraction of sp³-hybridized carbons (Fsp3) is 0.654. The molecule has 3 aliphatic heterocycles. The number of aliphatic hydroxyl groups excluding tert-OH is 1. The number of nitrogens with zero attached hydrogens (tertiary/aromatic N) is 1. The molecule has 1 aromatic carbocycles. The molecule has 7 nitrogen and oxygen atoms in total. The van der Waals surface area contributed by atoms with Crippen LogP contribution in [0.2, 0.25) is 5.02 Å². The highest BCUT2D eigenvalue weighted by molar-refractivity contribution is 9.09. The lowest BCUT2D eigenvalue weighted by Gasteiger charge is -2.38. The highest BCUT2D eigenvalue weighted by atomic mass is 79.9. The summed E-state index contributed by atoms with van der Waals surface area (Å²) >= 11 is 11.8. The van der Waals surface area contributed by atoms with E-state index >= 15 is 0 Å². The van der Waals surface area contributed by atoms with Gasteiger partial charge in [0, 0.05) is 16.6 Å². The van der Waals surface area contributed by atoms with E-state index in [2.05, 4.69) is 26.6 Å². The van der Waals surface area contributed by atoms with Gasteiger partial charge in [-0.2, -0.15) is 0 Å². The molecule has 0 aliphatic carbocycles. The third-order valence-electron chi connectivity index (χ3n) is 7.65. The zero-order valence-corrected chi connectivity index (χ0v) is 24.3. The molecule has 3 aliphatic rings. The summed E-state index contributed by atoms with van der Waals surface area (Å²) in [6.45, 7) is 8.20. The predicted molar refractivity (Wildman–Crippen MR) is 148 cm³/mol. The Bertz CT molecular complexity index is 1020. The molecule has 3 amide bonds. The van der Waals surface area contributed by atoms with Crippen molar-refractivity contribution in [1.82, 2.24) is 10.2 Å². The molecule has 4 rings (SSSR count). The SMILES string of the molecule is CCCNC(=O)[C@H]1[C@H]2C(=O)N([C@@H](CO)CC(C)C)C(C(=O)Nc3c(C)cccc3Cl)C23CC(Br)[C@@H]1S3. The number of amides is 3. The van der Waals surface area contributed by atoms with Crippen LogP contribution in [0.5, 0.6) is 0 Å². The van der Waals surface area contributed by atoms with Crippen molar-refractivity contribution < 1.29 is 19.5 Å². The molecule has 2 bridgehead atoms. The number of likely N-dealkylation sites (tertiary alicyclic amines) is 1.